The average molecular weight is 829 g/mol. The second-order valence-corrected chi connectivity index (χ2v) is 18.9. The van der Waals surface area contributed by atoms with Gasteiger partial charge in [-0.3, -0.25) is 0 Å². The molecule has 0 spiro atoms. The number of hydrogen-bond acceptors (Lipinski definition) is 8. The molecule has 0 atom stereocenters. The van der Waals surface area contributed by atoms with Gasteiger partial charge in [0.1, 0.15) is 0 Å². The molecule has 254 valence electrons. The molecule has 46 heavy (non-hydrogen) atoms. The zero-order valence-corrected chi connectivity index (χ0v) is 34.8. The van der Waals surface area contributed by atoms with Gasteiger partial charge in [0, 0.05) is 0 Å². The van der Waals surface area contributed by atoms with Crippen molar-refractivity contribution in [2.24, 2.45) is 0 Å². The lowest BCUT2D eigenvalue weighted by Gasteiger charge is -2.04. The maximum atomic E-state index is 5.32. The van der Waals surface area contributed by atoms with Gasteiger partial charge in [-0.05, 0) is 83.2 Å². The molecular weight excluding hydrogens is 776 g/mol. The van der Waals surface area contributed by atoms with Crippen LogP contribution in [-0.4, -0.2) is 19.9 Å². The summed E-state index contributed by atoms with van der Waals surface area (Å²) in [6.07, 6.45) is 24.0. The van der Waals surface area contributed by atoms with Gasteiger partial charge in [-0.25, -0.2) is 19.9 Å². The van der Waals surface area contributed by atoms with Crippen molar-refractivity contribution in [3.8, 4) is 29.8 Å². The SMILES string of the molecule is CCCCCCc1nc(-c2nc(CCCCCC)c(-c3sc(-c4nc(CCCCCC)c(Br)s4)nc3CCCCCC)s2)sc1Br. The summed E-state index contributed by atoms with van der Waals surface area (Å²) in [4.78, 5) is 23.5. The second-order valence-electron chi connectivity index (χ2n) is 12.3. The Balaban J connectivity index is 1.68. The van der Waals surface area contributed by atoms with Crippen LogP contribution in [0, 0.1) is 0 Å². The summed E-state index contributed by atoms with van der Waals surface area (Å²) in [5.41, 5.74) is 4.84. The number of unbranched alkanes of at least 4 members (excludes halogenated alkanes) is 12. The summed E-state index contributed by atoms with van der Waals surface area (Å²) in [6, 6.07) is 0. The van der Waals surface area contributed by atoms with Crippen molar-refractivity contribution in [1.82, 2.24) is 19.9 Å². The first-order valence-corrected chi connectivity index (χ1v) is 22.6. The predicted molar refractivity (Wildman–Crippen MR) is 212 cm³/mol. The van der Waals surface area contributed by atoms with E-state index >= 15 is 0 Å². The maximum Gasteiger partial charge on any atom is 0.153 e. The highest BCUT2D eigenvalue weighted by molar-refractivity contribution is 9.11. The number of nitrogens with zero attached hydrogens (tertiary/aromatic N) is 4. The van der Waals surface area contributed by atoms with Crippen molar-refractivity contribution in [3.63, 3.8) is 0 Å². The van der Waals surface area contributed by atoms with E-state index in [1.807, 2.05) is 22.7 Å². The normalized spacial score (nSPS) is 11.7. The average Bonchev–Trinajstić information content (AvgIpc) is 3.83. The fraction of sp³-hybridized carbons (Fsp3) is 0.667. The van der Waals surface area contributed by atoms with Crippen LogP contribution in [0.3, 0.4) is 0 Å². The van der Waals surface area contributed by atoms with Crippen molar-refractivity contribution >= 4 is 77.2 Å². The number of aromatic nitrogens is 4. The molecule has 0 aliphatic carbocycles. The van der Waals surface area contributed by atoms with E-state index in [1.54, 1.807) is 22.7 Å². The van der Waals surface area contributed by atoms with E-state index in [4.69, 9.17) is 19.9 Å². The highest BCUT2D eigenvalue weighted by Crippen LogP contribution is 2.46. The molecule has 0 amide bonds. The van der Waals surface area contributed by atoms with Crippen LogP contribution in [0.4, 0.5) is 0 Å². The molecule has 0 aliphatic rings. The Kier molecular flexibility index (Phi) is 17.4. The molecule has 0 N–H and O–H groups in total. The van der Waals surface area contributed by atoms with Crippen LogP contribution in [-0.2, 0) is 25.7 Å². The van der Waals surface area contributed by atoms with Crippen LogP contribution in [0.25, 0.3) is 29.8 Å². The van der Waals surface area contributed by atoms with Crippen LogP contribution < -0.4 is 0 Å². The second kappa shape index (κ2) is 20.9. The van der Waals surface area contributed by atoms with Crippen molar-refractivity contribution in [2.45, 2.75) is 156 Å². The van der Waals surface area contributed by atoms with Gasteiger partial charge < -0.3 is 0 Å². The number of aryl methyl sites for hydroxylation is 4. The first kappa shape index (κ1) is 38.3. The molecule has 0 unspecified atom stereocenters. The molecule has 0 saturated carbocycles. The molecule has 0 aromatic carbocycles. The zero-order chi connectivity index (χ0) is 32.7. The molecule has 0 saturated heterocycles. The van der Waals surface area contributed by atoms with Gasteiger partial charge in [-0.15, -0.1) is 45.3 Å². The number of halogens is 2. The fourth-order valence-electron chi connectivity index (χ4n) is 5.61. The zero-order valence-electron chi connectivity index (χ0n) is 28.3. The van der Waals surface area contributed by atoms with Crippen LogP contribution in [0.1, 0.15) is 153 Å². The third-order valence-electron chi connectivity index (χ3n) is 8.33. The molecule has 4 nitrogen and oxygen atoms in total. The van der Waals surface area contributed by atoms with E-state index in [1.165, 1.54) is 135 Å². The van der Waals surface area contributed by atoms with Gasteiger partial charge >= 0.3 is 0 Å². The molecular formula is C36H52Br2N4S4. The standard InChI is InChI=1S/C36H52Br2N4S4/c1-5-9-13-17-21-25-29(43-33(39-25)35-41-27(31(37)45-35)23-19-15-11-7-3)30-26(22-18-14-10-6-2)40-34(44-30)36-42-28(32(38)46-36)24-20-16-12-8-4/h5-24H2,1-4H3. The van der Waals surface area contributed by atoms with Crippen LogP contribution in [0.5, 0.6) is 0 Å². The van der Waals surface area contributed by atoms with Gasteiger partial charge in [-0.2, -0.15) is 0 Å². The molecule has 0 bridgehead atoms. The summed E-state index contributed by atoms with van der Waals surface area (Å²) in [5, 5.41) is 4.22. The van der Waals surface area contributed by atoms with E-state index in [0.29, 0.717) is 0 Å². The van der Waals surface area contributed by atoms with Gasteiger partial charge in [0.25, 0.3) is 0 Å². The van der Waals surface area contributed by atoms with E-state index in [9.17, 15) is 0 Å². The van der Waals surface area contributed by atoms with E-state index in [2.05, 4.69) is 59.6 Å². The summed E-state index contributed by atoms with van der Waals surface area (Å²) in [7, 11) is 0. The quantitative estimate of drug-likeness (QED) is 0.0699. The lowest BCUT2D eigenvalue weighted by Crippen LogP contribution is -1.93. The Bertz CT molecular complexity index is 1350. The van der Waals surface area contributed by atoms with Gasteiger partial charge in [-0.1, -0.05) is 105 Å². The minimum absolute atomic E-state index is 1.01. The molecule has 4 heterocycles. The fourth-order valence-corrected chi connectivity index (χ4v) is 11.2. The van der Waals surface area contributed by atoms with Gasteiger partial charge in [0.05, 0.1) is 40.1 Å². The topological polar surface area (TPSA) is 51.6 Å². The van der Waals surface area contributed by atoms with E-state index in [0.717, 1.165) is 53.3 Å². The first-order chi connectivity index (χ1) is 22.5. The largest absolute Gasteiger partial charge is 0.238 e. The highest BCUT2D eigenvalue weighted by Gasteiger charge is 2.24. The van der Waals surface area contributed by atoms with Crippen molar-refractivity contribution < 1.29 is 0 Å². The summed E-state index contributed by atoms with van der Waals surface area (Å²) >= 11 is 14.8. The third-order valence-corrected chi connectivity index (χ3v) is 14.6. The van der Waals surface area contributed by atoms with Crippen molar-refractivity contribution in [3.05, 3.63) is 30.3 Å². The Morgan fingerprint density at radius 3 is 0.978 bits per heavy atom. The Labute approximate surface area is 311 Å². The molecule has 4 rings (SSSR count). The lowest BCUT2D eigenvalue weighted by atomic mass is 10.1. The Morgan fingerprint density at radius 2 is 0.652 bits per heavy atom. The smallest absolute Gasteiger partial charge is 0.153 e. The summed E-state index contributed by atoms with van der Waals surface area (Å²) < 4.78 is 2.33. The molecule has 0 radical (unpaired) electrons. The first-order valence-electron chi connectivity index (χ1n) is 17.8. The number of thiazole rings is 4. The van der Waals surface area contributed by atoms with Crippen LogP contribution >= 0.6 is 77.2 Å². The monoisotopic (exact) mass is 826 g/mol. The minimum atomic E-state index is 1.01. The molecule has 0 aliphatic heterocycles. The molecule has 10 heteroatoms. The van der Waals surface area contributed by atoms with Crippen LogP contribution in [0.15, 0.2) is 7.57 Å². The summed E-state index contributed by atoms with van der Waals surface area (Å²) in [6.45, 7) is 9.10. The number of hydrogen-bond donors (Lipinski definition) is 0. The van der Waals surface area contributed by atoms with Gasteiger partial charge in [0.15, 0.2) is 20.0 Å². The molecule has 4 aromatic rings. The van der Waals surface area contributed by atoms with E-state index < -0.39 is 0 Å². The van der Waals surface area contributed by atoms with E-state index in [-0.39, 0.29) is 0 Å². The van der Waals surface area contributed by atoms with Crippen LogP contribution in [0.2, 0.25) is 0 Å². The Morgan fingerprint density at radius 1 is 0.370 bits per heavy atom. The van der Waals surface area contributed by atoms with Gasteiger partial charge in [0.2, 0.25) is 0 Å². The lowest BCUT2D eigenvalue weighted by molar-refractivity contribution is 0.660. The minimum Gasteiger partial charge on any atom is -0.238 e. The van der Waals surface area contributed by atoms with Crippen molar-refractivity contribution in [2.75, 3.05) is 0 Å². The molecule has 4 aromatic heterocycles. The summed E-state index contributed by atoms with van der Waals surface area (Å²) in [5.74, 6) is 0. The molecule has 0 fully saturated rings. The Hall–Kier alpha value is -0.520. The predicted octanol–water partition coefficient (Wildman–Crippen LogP) is 14.5. The number of rotatable bonds is 23. The van der Waals surface area contributed by atoms with Crippen molar-refractivity contribution in [1.29, 1.82) is 0 Å². The third kappa shape index (κ3) is 11.3. The maximum absolute atomic E-state index is 5.32. The highest BCUT2D eigenvalue weighted by atomic mass is 79.9.